The van der Waals surface area contributed by atoms with Crippen molar-refractivity contribution in [2.24, 2.45) is 0 Å². The van der Waals surface area contributed by atoms with Gasteiger partial charge in [-0.05, 0) is 48.9 Å². The van der Waals surface area contributed by atoms with Crippen LogP contribution >= 0.6 is 0 Å². The lowest BCUT2D eigenvalue weighted by Gasteiger charge is -2.26. The Morgan fingerprint density at radius 1 is 1.09 bits per heavy atom. The number of ether oxygens (including phenoxy) is 2. The minimum atomic E-state index is -3.60. The van der Waals surface area contributed by atoms with Crippen LogP contribution in [0, 0.1) is 0 Å². The van der Waals surface area contributed by atoms with Gasteiger partial charge < -0.3 is 14.0 Å². The molecule has 0 aliphatic carbocycles. The van der Waals surface area contributed by atoms with Crippen molar-refractivity contribution in [2.75, 3.05) is 26.3 Å². The Kier molecular flexibility index (Phi) is 7.65. The highest BCUT2D eigenvalue weighted by atomic mass is 32.2. The molecule has 0 N–H and O–H groups in total. The Balaban J connectivity index is 1.59. The molecule has 8 nitrogen and oxygen atoms in total. The van der Waals surface area contributed by atoms with E-state index in [9.17, 15) is 13.2 Å². The molecular weight excluding hydrogens is 454 g/mol. The first-order valence-corrected chi connectivity index (χ1v) is 13.2. The van der Waals surface area contributed by atoms with Gasteiger partial charge in [-0.3, -0.25) is 4.79 Å². The summed E-state index contributed by atoms with van der Waals surface area (Å²) in [5, 5.41) is 0. The van der Waals surface area contributed by atoms with Crippen LogP contribution in [-0.2, 0) is 27.9 Å². The third-order valence-corrected chi connectivity index (χ3v) is 7.90. The number of hydrogen-bond acceptors (Lipinski definition) is 6. The number of sulfonamides is 1. The zero-order valence-electron chi connectivity index (χ0n) is 19.7. The summed E-state index contributed by atoms with van der Waals surface area (Å²) in [5.74, 6) is 1.48. The molecule has 3 aromatic rings. The number of hydrogen-bond donors (Lipinski definition) is 0. The van der Waals surface area contributed by atoms with Gasteiger partial charge in [0.15, 0.2) is 5.78 Å². The molecule has 0 amide bonds. The molecule has 0 bridgehead atoms. The van der Waals surface area contributed by atoms with Gasteiger partial charge in [-0.25, -0.2) is 13.4 Å². The average Bonchev–Trinajstić information content (AvgIpc) is 3.23. The van der Waals surface area contributed by atoms with Gasteiger partial charge in [-0.2, -0.15) is 4.31 Å². The summed E-state index contributed by atoms with van der Waals surface area (Å²) in [5.41, 5.74) is 2.18. The number of rotatable bonds is 10. The first kappa shape index (κ1) is 24.4. The minimum Gasteiger partial charge on any atom is -0.486 e. The number of nitrogens with zero attached hydrogens (tertiary/aromatic N) is 3. The van der Waals surface area contributed by atoms with Gasteiger partial charge in [0.1, 0.15) is 18.2 Å². The van der Waals surface area contributed by atoms with E-state index in [1.807, 2.05) is 13.0 Å². The molecule has 2 aromatic carbocycles. The predicted octanol–water partition coefficient (Wildman–Crippen LogP) is 4.03. The molecule has 0 spiro atoms. The molecule has 4 rings (SSSR count). The van der Waals surface area contributed by atoms with E-state index in [2.05, 4.69) is 11.5 Å². The van der Waals surface area contributed by atoms with Gasteiger partial charge >= 0.3 is 0 Å². The van der Waals surface area contributed by atoms with Crippen molar-refractivity contribution in [2.45, 2.75) is 51.2 Å². The second-order valence-corrected chi connectivity index (χ2v) is 10.2. The number of imidazole rings is 1. The van der Waals surface area contributed by atoms with Gasteiger partial charge in [-0.15, -0.1) is 0 Å². The van der Waals surface area contributed by atoms with E-state index in [0.29, 0.717) is 49.6 Å². The summed E-state index contributed by atoms with van der Waals surface area (Å²) < 4.78 is 41.0. The van der Waals surface area contributed by atoms with Crippen LogP contribution in [0.25, 0.3) is 11.0 Å². The minimum absolute atomic E-state index is 0.0933. The van der Waals surface area contributed by atoms with Crippen LogP contribution < -0.4 is 4.74 Å². The van der Waals surface area contributed by atoms with Gasteiger partial charge in [0.25, 0.3) is 0 Å². The third-order valence-electron chi connectivity index (χ3n) is 6.01. The fraction of sp³-hybridized carbons (Fsp3) is 0.440. The highest BCUT2D eigenvalue weighted by molar-refractivity contribution is 7.89. The Morgan fingerprint density at radius 3 is 2.50 bits per heavy atom. The topological polar surface area (TPSA) is 90.7 Å². The molecule has 1 aliphatic heterocycles. The highest BCUT2D eigenvalue weighted by Crippen LogP contribution is 2.25. The number of unbranched alkanes of at least 4 members (excludes halogenated alkanes) is 1. The van der Waals surface area contributed by atoms with E-state index < -0.39 is 10.0 Å². The second-order valence-electron chi connectivity index (χ2n) is 8.29. The highest BCUT2D eigenvalue weighted by Gasteiger charge is 2.27. The maximum Gasteiger partial charge on any atom is 0.243 e. The van der Waals surface area contributed by atoms with Gasteiger partial charge in [-0.1, -0.05) is 20.3 Å². The van der Waals surface area contributed by atoms with Crippen molar-refractivity contribution in [3.05, 3.63) is 53.9 Å². The fourth-order valence-corrected chi connectivity index (χ4v) is 5.45. The normalized spacial score (nSPS) is 15.0. The van der Waals surface area contributed by atoms with E-state index in [4.69, 9.17) is 14.5 Å². The van der Waals surface area contributed by atoms with E-state index >= 15 is 0 Å². The number of benzene rings is 2. The van der Waals surface area contributed by atoms with Crippen LogP contribution in [0.15, 0.2) is 47.4 Å². The maximum atomic E-state index is 13.1. The Bertz CT molecular complexity index is 1250. The van der Waals surface area contributed by atoms with E-state index in [-0.39, 0.29) is 17.3 Å². The van der Waals surface area contributed by atoms with E-state index in [1.165, 1.54) is 4.31 Å². The molecule has 0 saturated carbocycles. The average molecular weight is 486 g/mol. The molecule has 9 heteroatoms. The zero-order valence-corrected chi connectivity index (χ0v) is 20.5. The van der Waals surface area contributed by atoms with Crippen molar-refractivity contribution >= 4 is 26.8 Å². The fourth-order valence-electron chi connectivity index (χ4n) is 4.02. The Hall–Kier alpha value is -2.75. The monoisotopic (exact) mass is 485 g/mol. The lowest BCUT2D eigenvalue weighted by Crippen LogP contribution is -2.40. The molecule has 0 atom stereocenters. The quantitative estimate of drug-likeness (QED) is 0.403. The second kappa shape index (κ2) is 10.7. The summed E-state index contributed by atoms with van der Waals surface area (Å²) in [6, 6.07) is 12.3. The zero-order chi connectivity index (χ0) is 24.1. The molecule has 2 heterocycles. The van der Waals surface area contributed by atoms with Crippen LogP contribution in [0.3, 0.4) is 0 Å². The standard InChI is InChI=1S/C25H31N3O5S/c1-3-5-12-28-23-11-10-21(34(30,31)27-13-15-32-16-14-27)17-22(23)26-25(28)18-33-20-8-6-19(7-9-20)24(29)4-2/h6-11,17H,3-5,12-16,18H2,1-2H3. The molecule has 1 saturated heterocycles. The SMILES string of the molecule is CCCCn1c(COc2ccc(C(=O)CC)cc2)nc2cc(S(=O)(=O)N3CCOCC3)ccc21. The first-order valence-electron chi connectivity index (χ1n) is 11.8. The molecule has 1 fully saturated rings. The van der Waals surface area contributed by atoms with E-state index in [0.717, 1.165) is 30.7 Å². The lowest BCUT2D eigenvalue weighted by molar-refractivity contribution is 0.0730. The summed E-state index contributed by atoms with van der Waals surface area (Å²) in [6.45, 7) is 6.49. The van der Waals surface area contributed by atoms with Crippen molar-refractivity contribution in [1.82, 2.24) is 13.9 Å². The van der Waals surface area contributed by atoms with E-state index in [1.54, 1.807) is 36.4 Å². The van der Waals surface area contributed by atoms with Gasteiger partial charge in [0.05, 0.1) is 29.1 Å². The molecular formula is C25H31N3O5S. The summed E-state index contributed by atoms with van der Waals surface area (Å²) in [6.07, 6.45) is 2.46. The number of morpholine rings is 1. The number of ketones is 1. The summed E-state index contributed by atoms with van der Waals surface area (Å²) in [7, 11) is -3.60. The molecule has 1 aromatic heterocycles. The van der Waals surface area contributed by atoms with Gasteiger partial charge in [0, 0.05) is 31.6 Å². The number of Topliss-reactive ketones (excluding diaryl/α,β-unsaturated/α-hetero) is 1. The third kappa shape index (κ3) is 5.16. The Labute approximate surface area is 200 Å². The van der Waals surface area contributed by atoms with Gasteiger partial charge in [0.2, 0.25) is 10.0 Å². The molecule has 0 unspecified atom stereocenters. The largest absolute Gasteiger partial charge is 0.486 e. The van der Waals surface area contributed by atoms with Crippen molar-refractivity contribution in [1.29, 1.82) is 0 Å². The predicted molar refractivity (Wildman–Crippen MR) is 130 cm³/mol. The van der Waals surface area contributed by atoms with Crippen LogP contribution in [0.1, 0.15) is 49.3 Å². The number of aromatic nitrogens is 2. The Morgan fingerprint density at radius 2 is 1.82 bits per heavy atom. The molecule has 182 valence electrons. The maximum absolute atomic E-state index is 13.1. The lowest BCUT2D eigenvalue weighted by atomic mass is 10.1. The van der Waals surface area contributed by atoms with Crippen LogP contribution in [-0.4, -0.2) is 54.4 Å². The van der Waals surface area contributed by atoms with Crippen LogP contribution in [0.4, 0.5) is 0 Å². The van der Waals surface area contributed by atoms with Crippen molar-refractivity contribution in [3.63, 3.8) is 0 Å². The smallest absolute Gasteiger partial charge is 0.243 e. The number of carbonyl (C=O) groups is 1. The number of carbonyl (C=O) groups excluding carboxylic acids is 1. The van der Waals surface area contributed by atoms with Crippen molar-refractivity contribution < 1.29 is 22.7 Å². The van der Waals surface area contributed by atoms with Crippen LogP contribution in [0.5, 0.6) is 5.75 Å². The first-order chi connectivity index (χ1) is 16.4. The summed E-state index contributed by atoms with van der Waals surface area (Å²) >= 11 is 0. The number of aryl methyl sites for hydroxylation is 1. The van der Waals surface area contributed by atoms with Crippen LogP contribution in [0.2, 0.25) is 0 Å². The number of fused-ring (bicyclic) bond motifs is 1. The molecule has 34 heavy (non-hydrogen) atoms. The molecule has 1 aliphatic rings. The van der Waals surface area contributed by atoms with Crippen molar-refractivity contribution in [3.8, 4) is 5.75 Å². The molecule has 0 radical (unpaired) electrons. The summed E-state index contributed by atoms with van der Waals surface area (Å²) in [4.78, 5) is 16.8.